The molecule has 1 aromatic rings. The fourth-order valence-electron chi connectivity index (χ4n) is 3.30. The molecule has 2 aliphatic rings. The number of hydrogen-bond donors (Lipinski definition) is 0. The Kier molecular flexibility index (Phi) is 3.95. The van der Waals surface area contributed by atoms with E-state index >= 15 is 0 Å². The zero-order valence-corrected chi connectivity index (χ0v) is 15.0. The van der Waals surface area contributed by atoms with E-state index in [-0.39, 0.29) is 10.6 Å². The van der Waals surface area contributed by atoms with Crippen molar-refractivity contribution >= 4 is 24.7 Å². The van der Waals surface area contributed by atoms with Crippen molar-refractivity contribution in [2.24, 2.45) is 8.02 Å². The van der Waals surface area contributed by atoms with Gasteiger partial charge in [0.1, 0.15) is 0 Å². The summed E-state index contributed by atoms with van der Waals surface area (Å²) in [7, 11) is 2.09. The Morgan fingerprint density at radius 1 is 1.18 bits per heavy atom. The molecule has 1 heterocycles. The van der Waals surface area contributed by atoms with Crippen LogP contribution < -0.4 is 15.6 Å². The summed E-state index contributed by atoms with van der Waals surface area (Å²) >= 11 is -2.32. The van der Waals surface area contributed by atoms with Gasteiger partial charge in [-0.05, 0) is 0 Å². The van der Waals surface area contributed by atoms with E-state index in [4.69, 9.17) is 4.01 Å². The Hall–Kier alpha value is -1.46. The first-order valence-corrected chi connectivity index (χ1v) is 12.6. The van der Waals surface area contributed by atoms with Crippen LogP contribution in [0.3, 0.4) is 0 Å². The number of benzene rings is 1. The number of rotatable bonds is 3. The van der Waals surface area contributed by atoms with Crippen LogP contribution in [0.15, 0.2) is 20.2 Å². The third-order valence-electron chi connectivity index (χ3n) is 4.44. The summed E-state index contributed by atoms with van der Waals surface area (Å²) in [6.07, 6.45) is 6.19. The number of fused-ring (bicyclic) bond motifs is 1. The number of hydrogen-bond acceptors (Lipinski definition) is 5. The van der Waals surface area contributed by atoms with Gasteiger partial charge in [-0.2, -0.15) is 0 Å². The van der Waals surface area contributed by atoms with E-state index in [2.05, 4.69) is 16.0 Å². The number of non-ortho nitro benzene ring substituents is 1. The van der Waals surface area contributed by atoms with Crippen molar-refractivity contribution in [2.45, 2.75) is 49.8 Å². The molecular formula is C15H22N4O2Se. The molecule has 7 heteroatoms. The summed E-state index contributed by atoms with van der Waals surface area (Å²) in [6, 6.07) is 3.94. The molecule has 1 aliphatic carbocycles. The van der Waals surface area contributed by atoms with Gasteiger partial charge < -0.3 is 0 Å². The van der Waals surface area contributed by atoms with Gasteiger partial charge in [0.25, 0.3) is 0 Å². The van der Waals surface area contributed by atoms with Crippen LogP contribution >= 0.6 is 0 Å². The predicted molar refractivity (Wildman–Crippen MR) is 88.2 cm³/mol. The number of nitrogens with zero attached hydrogens (tertiary/aromatic N) is 4. The molecule has 3 rings (SSSR count). The molecule has 0 amide bonds. The maximum absolute atomic E-state index is 11.3. The van der Waals surface area contributed by atoms with Gasteiger partial charge in [0, 0.05) is 0 Å². The summed E-state index contributed by atoms with van der Waals surface area (Å²) in [4.78, 5) is 13.2. The van der Waals surface area contributed by atoms with Crippen LogP contribution in [-0.4, -0.2) is 31.3 Å². The summed E-state index contributed by atoms with van der Waals surface area (Å²) in [6.45, 7) is 0. The van der Waals surface area contributed by atoms with E-state index in [1.165, 1.54) is 32.1 Å². The van der Waals surface area contributed by atoms with Crippen LogP contribution in [0.5, 0.6) is 0 Å². The van der Waals surface area contributed by atoms with Gasteiger partial charge >= 0.3 is 132 Å². The predicted octanol–water partition coefficient (Wildman–Crippen LogP) is 2.32. The van der Waals surface area contributed by atoms with E-state index in [0.717, 1.165) is 11.0 Å². The zero-order valence-electron chi connectivity index (χ0n) is 13.3. The molecule has 1 aromatic carbocycles. The van der Waals surface area contributed by atoms with Crippen LogP contribution in [0, 0.1) is 10.1 Å². The Morgan fingerprint density at radius 3 is 2.45 bits per heavy atom. The molecule has 120 valence electrons. The van der Waals surface area contributed by atoms with Gasteiger partial charge in [0.15, 0.2) is 0 Å². The van der Waals surface area contributed by atoms with Crippen LogP contribution in [0.1, 0.15) is 32.1 Å². The second-order valence-corrected chi connectivity index (χ2v) is 12.2. The van der Waals surface area contributed by atoms with Gasteiger partial charge in [0.05, 0.1) is 0 Å². The average molecular weight is 369 g/mol. The number of anilines is 1. The first kappa shape index (κ1) is 15.4. The Balaban J connectivity index is 2.11. The van der Waals surface area contributed by atoms with Crippen molar-refractivity contribution in [3.63, 3.8) is 0 Å². The van der Waals surface area contributed by atoms with E-state index < -0.39 is 13.3 Å². The molecule has 0 N–H and O–H groups in total. The minimum absolute atomic E-state index is 0.0855. The average Bonchev–Trinajstić information content (AvgIpc) is 2.80. The van der Waals surface area contributed by atoms with Crippen LogP contribution in [0.4, 0.5) is 11.4 Å². The van der Waals surface area contributed by atoms with Gasteiger partial charge in [-0.15, -0.1) is 0 Å². The molecule has 22 heavy (non-hydrogen) atoms. The topological polar surface area (TPSA) is 71.1 Å². The Labute approximate surface area is 132 Å². The number of nitro benzene ring substituents is 1. The van der Waals surface area contributed by atoms with E-state index in [0.29, 0.717) is 11.4 Å². The van der Waals surface area contributed by atoms with Gasteiger partial charge in [0.2, 0.25) is 0 Å². The van der Waals surface area contributed by atoms with Gasteiger partial charge in [-0.25, -0.2) is 0 Å². The summed E-state index contributed by atoms with van der Waals surface area (Å²) in [5.41, 5.74) is 1.08. The maximum atomic E-state index is 11.3. The molecule has 1 fully saturated rings. The Bertz CT molecular complexity index is 726. The molecule has 0 atom stereocenters. The first-order chi connectivity index (χ1) is 10.4. The molecule has 1 aliphatic heterocycles. The zero-order chi connectivity index (χ0) is 15.9. The first-order valence-electron chi connectivity index (χ1n) is 7.62. The van der Waals surface area contributed by atoms with E-state index in [9.17, 15) is 10.1 Å². The van der Waals surface area contributed by atoms with E-state index in [1.807, 2.05) is 17.7 Å². The van der Waals surface area contributed by atoms with Crippen LogP contribution in [0.2, 0.25) is 11.6 Å². The van der Waals surface area contributed by atoms with Crippen molar-refractivity contribution in [2.75, 3.05) is 11.9 Å². The molecule has 0 spiro atoms. The summed E-state index contributed by atoms with van der Waals surface area (Å²) < 4.78 is 9.40. The fourth-order valence-corrected chi connectivity index (χ4v) is 6.02. The summed E-state index contributed by atoms with van der Waals surface area (Å²) in [5, 5.41) is 12.5. The minimum atomic E-state index is -2.32. The van der Waals surface area contributed by atoms with Gasteiger partial charge in [-0.3, -0.25) is 0 Å². The second-order valence-electron chi connectivity index (χ2n) is 6.36. The molecule has 0 saturated heterocycles. The van der Waals surface area contributed by atoms with Crippen molar-refractivity contribution in [1.29, 1.82) is 0 Å². The van der Waals surface area contributed by atoms with Crippen molar-refractivity contribution in [1.82, 2.24) is 0 Å². The molecule has 0 aromatic heterocycles. The molecule has 6 nitrogen and oxygen atoms in total. The fraction of sp³-hybridized carbons (Fsp3) is 0.600. The summed E-state index contributed by atoms with van der Waals surface area (Å²) in [5.74, 6) is 4.06. The van der Waals surface area contributed by atoms with Crippen molar-refractivity contribution in [3.05, 3.63) is 33.0 Å². The normalized spacial score (nSPS) is 21.4. The molecular weight excluding hydrogens is 347 g/mol. The molecule has 0 radical (unpaired) electrons. The SMILES string of the molecule is CN(c1ccc([N+](=O)[O-])c2c1=N[Se](C)(C)N=2)C1CCCCC1. The standard InChI is InChI=1S/C15H22N4O2Se/c1-18(11-7-5-4-6-8-11)12-9-10-13(19(20)21)15-14(12)16-22(2,3)17-15/h9-11H,4-8H2,1-3H3. The second kappa shape index (κ2) is 5.63. The van der Waals surface area contributed by atoms with Crippen LogP contribution in [0.25, 0.3) is 0 Å². The molecule has 0 unspecified atom stereocenters. The molecule has 0 bridgehead atoms. The number of nitro groups is 1. The molecule has 1 saturated carbocycles. The quantitative estimate of drug-likeness (QED) is 0.466. The van der Waals surface area contributed by atoms with Crippen molar-refractivity contribution in [3.8, 4) is 0 Å². The van der Waals surface area contributed by atoms with Crippen LogP contribution in [-0.2, 0) is 0 Å². The monoisotopic (exact) mass is 370 g/mol. The van der Waals surface area contributed by atoms with E-state index in [1.54, 1.807) is 6.07 Å². The van der Waals surface area contributed by atoms with Gasteiger partial charge in [-0.1, -0.05) is 0 Å². The Morgan fingerprint density at radius 2 is 1.82 bits per heavy atom. The third kappa shape index (κ3) is 2.75. The van der Waals surface area contributed by atoms with Crippen molar-refractivity contribution < 1.29 is 4.92 Å². The third-order valence-corrected chi connectivity index (χ3v) is 7.08.